The predicted molar refractivity (Wildman–Crippen MR) is 144 cm³/mol. The number of carbonyl (C=O) groups excluding carboxylic acids is 1. The van der Waals surface area contributed by atoms with Crippen molar-refractivity contribution in [2.24, 2.45) is 0 Å². The zero-order valence-electron chi connectivity index (χ0n) is 21.5. The summed E-state index contributed by atoms with van der Waals surface area (Å²) in [6, 6.07) is 18.8. The molecular weight excluding hydrogens is 448 g/mol. The van der Waals surface area contributed by atoms with Crippen molar-refractivity contribution >= 4 is 16.9 Å². The molecule has 7 heteroatoms. The lowest BCUT2D eigenvalue weighted by molar-refractivity contribution is 0.0753. The second-order valence-corrected chi connectivity index (χ2v) is 9.95. The average Bonchev–Trinajstić information content (AvgIpc) is 3.51. The Balaban J connectivity index is 1.53. The number of likely N-dealkylation sites (N-methyl/N-ethyl adjacent to an activating group) is 2. The van der Waals surface area contributed by atoms with Gasteiger partial charge in [-0.25, -0.2) is 9.67 Å². The number of nitrogens with zero attached hydrogens (tertiary/aromatic N) is 5. The molecule has 0 atom stereocenters. The SMILES string of the molecule is CNCCN(C)Cc1cccc(-c2cc(C(=O)N3Cc4ccccc4C3)c3cnn(C(C)C)c3n2)c1. The molecule has 186 valence electrons. The first-order valence-corrected chi connectivity index (χ1v) is 12.6. The van der Waals surface area contributed by atoms with Crippen molar-refractivity contribution < 1.29 is 4.79 Å². The molecule has 7 nitrogen and oxygen atoms in total. The fourth-order valence-corrected chi connectivity index (χ4v) is 4.89. The summed E-state index contributed by atoms with van der Waals surface area (Å²) >= 11 is 0. The third-order valence-corrected chi connectivity index (χ3v) is 6.83. The van der Waals surface area contributed by atoms with Crippen molar-refractivity contribution in [2.75, 3.05) is 27.2 Å². The van der Waals surface area contributed by atoms with E-state index >= 15 is 0 Å². The highest BCUT2D eigenvalue weighted by Crippen LogP contribution is 2.30. The molecule has 0 saturated carbocycles. The van der Waals surface area contributed by atoms with Crippen molar-refractivity contribution in [1.29, 1.82) is 0 Å². The number of nitrogens with one attached hydrogen (secondary N) is 1. The lowest BCUT2D eigenvalue weighted by atomic mass is 10.0. The molecule has 1 amide bonds. The van der Waals surface area contributed by atoms with Gasteiger partial charge in [0.2, 0.25) is 0 Å². The molecule has 0 spiro atoms. The van der Waals surface area contributed by atoms with Crippen LogP contribution in [0.2, 0.25) is 0 Å². The van der Waals surface area contributed by atoms with E-state index in [9.17, 15) is 4.79 Å². The van der Waals surface area contributed by atoms with Crippen molar-refractivity contribution in [1.82, 2.24) is 29.9 Å². The van der Waals surface area contributed by atoms with E-state index in [4.69, 9.17) is 4.98 Å². The highest BCUT2D eigenvalue weighted by Gasteiger charge is 2.27. The Bertz CT molecular complexity index is 1370. The zero-order chi connectivity index (χ0) is 25.2. The van der Waals surface area contributed by atoms with Crippen molar-refractivity contribution in [3.05, 3.63) is 83.0 Å². The summed E-state index contributed by atoms with van der Waals surface area (Å²) in [6.07, 6.45) is 1.79. The number of hydrogen-bond donors (Lipinski definition) is 1. The summed E-state index contributed by atoms with van der Waals surface area (Å²) in [6.45, 7) is 8.18. The third-order valence-electron chi connectivity index (χ3n) is 6.83. The molecule has 5 rings (SSSR count). The number of rotatable bonds is 8. The minimum atomic E-state index is 0.0195. The fraction of sp³-hybridized carbons (Fsp3) is 0.345. The molecule has 3 heterocycles. The Kier molecular flexibility index (Phi) is 6.85. The Hall–Kier alpha value is -3.55. The first kappa shape index (κ1) is 24.2. The number of benzene rings is 2. The van der Waals surface area contributed by atoms with Crippen LogP contribution >= 0.6 is 0 Å². The highest BCUT2D eigenvalue weighted by atomic mass is 16.2. The minimum absolute atomic E-state index is 0.0195. The van der Waals surface area contributed by atoms with E-state index in [0.717, 1.165) is 41.9 Å². The van der Waals surface area contributed by atoms with Gasteiger partial charge >= 0.3 is 0 Å². The van der Waals surface area contributed by atoms with Gasteiger partial charge < -0.3 is 15.1 Å². The number of pyridine rings is 1. The molecule has 36 heavy (non-hydrogen) atoms. The van der Waals surface area contributed by atoms with Gasteiger partial charge in [-0.2, -0.15) is 5.10 Å². The average molecular weight is 483 g/mol. The van der Waals surface area contributed by atoms with E-state index in [-0.39, 0.29) is 11.9 Å². The van der Waals surface area contributed by atoms with Crippen molar-refractivity contribution in [3.8, 4) is 11.3 Å². The van der Waals surface area contributed by atoms with Gasteiger partial charge in [0.15, 0.2) is 5.65 Å². The Morgan fingerprint density at radius 3 is 2.53 bits per heavy atom. The van der Waals surface area contributed by atoms with E-state index in [1.165, 1.54) is 16.7 Å². The van der Waals surface area contributed by atoms with Gasteiger partial charge in [0.25, 0.3) is 5.91 Å². The van der Waals surface area contributed by atoms with E-state index < -0.39 is 0 Å². The van der Waals surface area contributed by atoms with Crippen LogP contribution in [-0.2, 0) is 19.6 Å². The second-order valence-electron chi connectivity index (χ2n) is 9.95. The molecule has 1 N–H and O–H groups in total. The van der Waals surface area contributed by atoms with E-state index in [2.05, 4.69) is 72.6 Å². The van der Waals surface area contributed by atoms with Gasteiger partial charge in [-0.1, -0.05) is 42.5 Å². The standard InChI is InChI=1S/C29H34N6O/c1-20(2)35-28-26(16-31-35)25(29(36)34-18-23-9-5-6-10-24(23)19-34)15-27(32-28)22-11-7-8-21(14-22)17-33(4)13-12-30-3/h5-11,14-16,20,30H,12-13,17-19H2,1-4H3. The molecule has 0 fully saturated rings. The lowest BCUT2D eigenvalue weighted by Crippen LogP contribution is -2.26. The molecule has 0 radical (unpaired) electrons. The van der Waals surface area contributed by atoms with Crippen molar-refractivity contribution in [3.63, 3.8) is 0 Å². The maximum absolute atomic E-state index is 13.9. The third kappa shape index (κ3) is 4.76. The van der Waals surface area contributed by atoms with Gasteiger partial charge in [0.1, 0.15) is 0 Å². The summed E-state index contributed by atoms with van der Waals surface area (Å²) < 4.78 is 1.91. The van der Waals surface area contributed by atoms with Crippen LogP contribution in [0.15, 0.2) is 60.8 Å². The molecule has 2 aromatic carbocycles. The lowest BCUT2D eigenvalue weighted by Gasteiger charge is -2.18. The van der Waals surface area contributed by atoms with Crippen LogP contribution < -0.4 is 5.32 Å². The maximum atomic E-state index is 13.9. The Morgan fingerprint density at radius 1 is 1.08 bits per heavy atom. The van der Waals surface area contributed by atoms with Gasteiger partial charge in [0, 0.05) is 44.3 Å². The predicted octanol–water partition coefficient (Wildman–Crippen LogP) is 4.49. The highest BCUT2D eigenvalue weighted by molar-refractivity contribution is 6.06. The van der Waals surface area contributed by atoms with Crippen LogP contribution in [0.4, 0.5) is 0 Å². The summed E-state index contributed by atoms with van der Waals surface area (Å²) in [4.78, 5) is 23.1. The van der Waals surface area contributed by atoms with E-state index in [0.29, 0.717) is 18.7 Å². The Labute approximate surface area is 212 Å². The molecule has 4 aromatic rings. The molecule has 0 bridgehead atoms. The largest absolute Gasteiger partial charge is 0.330 e. The number of amides is 1. The Morgan fingerprint density at radius 2 is 1.83 bits per heavy atom. The second kappa shape index (κ2) is 10.2. The van der Waals surface area contributed by atoms with Crippen LogP contribution in [0.25, 0.3) is 22.3 Å². The van der Waals surface area contributed by atoms with E-state index in [1.54, 1.807) is 6.20 Å². The maximum Gasteiger partial charge on any atom is 0.255 e. The smallest absolute Gasteiger partial charge is 0.255 e. The molecule has 0 saturated heterocycles. The summed E-state index contributed by atoms with van der Waals surface area (Å²) in [7, 11) is 4.10. The summed E-state index contributed by atoms with van der Waals surface area (Å²) in [5.74, 6) is 0.0195. The van der Waals surface area contributed by atoms with Crippen LogP contribution in [-0.4, -0.2) is 57.7 Å². The van der Waals surface area contributed by atoms with Gasteiger partial charge in [-0.15, -0.1) is 0 Å². The molecule has 2 aromatic heterocycles. The van der Waals surface area contributed by atoms with Gasteiger partial charge in [-0.05, 0) is 56.8 Å². The molecule has 1 aliphatic rings. The van der Waals surface area contributed by atoms with Crippen LogP contribution in [0.1, 0.15) is 46.9 Å². The first-order valence-electron chi connectivity index (χ1n) is 12.6. The number of aromatic nitrogens is 3. The topological polar surface area (TPSA) is 66.3 Å². The summed E-state index contributed by atoms with van der Waals surface area (Å²) in [5, 5.41) is 8.60. The number of hydrogen-bond acceptors (Lipinski definition) is 5. The number of fused-ring (bicyclic) bond motifs is 2. The first-order chi connectivity index (χ1) is 17.4. The monoisotopic (exact) mass is 482 g/mol. The zero-order valence-corrected chi connectivity index (χ0v) is 21.5. The van der Waals surface area contributed by atoms with Gasteiger partial charge in [-0.3, -0.25) is 4.79 Å². The molecule has 0 unspecified atom stereocenters. The molecule has 1 aliphatic heterocycles. The quantitative estimate of drug-likeness (QED) is 0.401. The normalized spacial score (nSPS) is 13.2. The minimum Gasteiger partial charge on any atom is -0.330 e. The fourth-order valence-electron chi connectivity index (χ4n) is 4.89. The molecule has 0 aliphatic carbocycles. The van der Waals surface area contributed by atoms with E-state index in [1.807, 2.05) is 34.8 Å². The van der Waals surface area contributed by atoms with Crippen LogP contribution in [0.5, 0.6) is 0 Å². The van der Waals surface area contributed by atoms with Gasteiger partial charge in [0.05, 0.1) is 22.8 Å². The molecular formula is C29H34N6O. The summed E-state index contributed by atoms with van der Waals surface area (Å²) in [5.41, 5.74) is 6.85. The number of carbonyl (C=O) groups is 1. The van der Waals surface area contributed by atoms with Crippen LogP contribution in [0, 0.1) is 0 Å². The van der Waals surface area contributed by atoms with Crippen molar-refractivity contribution in [2.45, 2.75) is 39.5 Å². The van der Waals surface area contributed by atoms with Crippen LogP contribution in [0.3, 0.4) is 0 Å².